The maximum atomic E-state index is 12.5. The van der Waals surface area contributed by atoms with Crippen molar-refractivity contribution in [2.45, 2.75) is 57.8 Å². The number of carbonyl (C=O) groups excluding carboxylic acids is 2. The Labute approximate surface area is 254 Å². The van der Waals surface area contributed by atoms with Crippen LogP contribution >= 0.6 is 23.5 Å². The van der Waals surface area contributed by atoms with Crippen LogP contribution in [-0.2, 0) is 45.9 Å². The molecule has 22 nitrogen and oxygen atoms in total. The predicted octanol–water partition coefficient (Wildman–Crippen LogP) is -1.12. The van der Waals surface area contributed by atoms with Gasteiger partial charge in [0.15, 0.2) is 17.7 Å². The molecule has 3 heterocycles. The van der Waals surface area contributed by atoms with Gasteiger partial charge in [-0.15, -0.1) is 0 Å². The third-order valence-electron chi connectivity index (χ3n) is 6.20. The van der Waals surface area contributed by atoms with Gasteiger partial charge in [-0.2, -0.15) is 4.31 Å². The first-order valence-corrected chi connectivity index (χ1v) is 17.3. The van der Waals surface area contributed by atoms with Gasteiger partial charge in [-0.3, -0.25) is 27.7 Å². The molecule has 0 spiro atoms. The Balaban J connectivity index is 1.66. The van der Waals surface area contributed by atoms with Crippen molar-refractivity contribution >= 4 is 52.1 Å². The van der Waals surface area contributed by atoms with E-state index in [2.05, 4.69) is 33.6 Å². The highest BCUT2D eigenvalue weighted by molar-refractivity contribution is 7.61. The summed E-state index contributed by atoms with van der Waals surface area (Å²) in [4.78, 5) is 73.7. The minimum absolute atomic E-state index is 0.00305. The van der Waals surface area contributed by atoms with Crippen LogP contribution in [-0.4, -0.2) is 105 Å². The van der Waals surface area contributed by atoms with Crippen LogP contribution in [0.4, 0.5) is 5.82 Å². The standard InChI is InChI=1S/C20H33N6O16P3/c1-10(27)4-5-22-18(30)15(29)20(2,3)7-39-45(36,37)42-44(34,35)38-6-11-14(41-43(31,32)33)13(28)19(40-11)26-9-25-12-16(21)23-8-24-17(12)26/h8-9,11,13-15,19,28-29H,4-7H2,1-3H3,(H,22,30)(H,34,35)(H,36,37)(H2,21,23,24)(H2,31,32,33)/t11?,13?,14?,15-,19?/m0/s1. The number of phosphoric acid groups is 3. The Hall–Kier alpha value is -2.26. The Morgan fingerprint density at radius 1 is 1.13 bits per heavy atom. The molecule has 1 aliphatic rings. The lowest BCUT2D eigenvalue weighted by Crippen LogP contribution is -2.46. The van der Waals surface area contributed by atoms with E-state index in [1.807, 2.05) is 0 Å². The van der Waals surface area contributed by atoms with Crippen molar-refractivity contribution in [3.8, 4) is 0 Å². The van der Waals surface area contributed by atoms with Crippen LogP contribution in [0.1, 0.15) is 33.4 Å². The molecule has 9 N–H and O–H groups in total. The Morgan fingerprint density at radius 3 is 2.40 bits per heavy atom. The maximum absolute atomic E-state index is 12.5. The summed E-state index contributed by atoms with van der Waals surface area (Å²) in [6.07, 6.45) is -6.57. The first kappa shape index (κ1) is 37.2. The molecule has 25 heteroatoms. The molecule has 0 radical (unpaired) electrons. The lowest BCUT2D eigenvalue weighted by atomic mass is 9.87. The fourth-order valence-corrected chi connectivity index (χ4v) is 6.74. The van der Waals surface area contributed by atoms with Crippen molar-refractivity contribution in [2.24, 2.45) is 5.41 Å². The Kier molecular flexibility index (Phi) is 11.8. The minimum Gasteiger partial charge on any atom is -0.386 e. The van der Waals surface area contributed by atoms with Gasteiger partial charge >= 0.3 is 23.5 Å². The second-order valence-corrected chi connectivity index (χ2v) is 14.7. The van der Waals surface area contributed by atoms with E-state index < -0.39 is 78.6 Å². The van der Waals surface area contributed by atoms with Gasteiger partial charge in [0.05, 0.1) is 19.5 Å². The number of fused-ring (bicyclic) bond motifs is 1. The van der Waals surface area contributed by atoms with Crippen molar-refractivity contribution in [2.75, 3.05) is 25.5 Å². The van der Waals surface area contributed by atoms with Gasteiger partial charge in [-0.25, -0.2) is 28.6 Å². The quantitative estimate of drug-likeness (QED) is 0.0958. The van der Waals surface area contributed by atoms with Crippen molar-refractivity contribution in [1.82, 2.24) is 24.8 Å². The van der Waals surface area contributed by atoms with Gasteiger partial charge in [0.2, 0.25) is 5.91 Å². The van der Waals surface area contributed by atoms with Gasteiger partial charge in [0.1, 0.15) is 42.0 Å². The first-order valence-electron chi connectivity index (χ1n) is 12.7. The normalized spacial score (nSPS) is 24.2. The molecular weight excluding hydrogens is 673 g/mol. The summed E-state index contributed by atoms with van der Waals surface area (Å²) < 4.78 is 61.5. The lowest BCUT2D eigenvalue weighted by molar-refractivity contribution is -0.137. The topological polar surface area (TPSA) is 335 Å². The number of hydrogen-bond acceptors (Lipinski definition) is 16. The molecule has 2 aromatic heterocycles. The number of nitrogen functional groups attached to an aromatic ring is 1. The largest absolute Gasteiger partial charge is 0.481 e. The number of Topliss-reactive ketones (excluding diaryl/α,β-unsaturated/α-hetero) is 1. The summed E-state index contributed by atoms with van der Waals surface area (Å²) in [5.41, 5.74) is 4.33. The van der Waals surface area contributed by atoms with E-state index in [0.29, 0.717) is 0 Å². The summed E-state index contributed by atoms with van der Waals surface area (Å²) in [5.74, 6) is -1.17. The highest BCUT2D eigenvalue weighted by Gasteiger charge is 2.50. The first-order chi connectivity index (χ1) is 20.6. The summed E-state index contributed by atoms with van der Waals surface area (Å²) in [6, 6.07) is 0. The van der Waals surface area contributed by atoms with Gasteiger partial charge < -0.3 is 45.6 Å². The molecule has 0 saturated carbocycles. The number of aromatic nitrogens is 4. The smallest absolute Gasteiger partial charge is 0.386 e. The highest BCUT2D eigenvalue weighted by Crippen LogP contribution is 2.61. The Bertz CT molecular complexity index is 1530. The minimum atomic E-state index is -5.52. The molecule has 254 valence electrons. The van der Waals surface area contributed by atoms with E-state index in [9.17, 15) is 53.1 Å². The van der Waals surface area contributed by atoms with Crippen molar-refractivity contribution in [3.63, 3.8) is 0 Å². The van der Waals surface area contributed by atoms with Crippen LogP contribution in [0.2, 0.25) is 0 Å². The number of nitrogens with one attached hydrogen (secondary N) is 1. The number of nitrogens with two attached hydrogens (primary N) is 1. The van der Waals surface area contributed by atoms with Crippen LogP contribution in [0.5, 0.6) is 0 Å². The van der Waals surface area contributed by atoms with Crippen LogP contribution < -0.4 is 11.1 Å². The lowest BCUT2D eigenvalue weighted by Gasteiger charge is -2.30. The van der Waals surface area contributed by atoms with Crippen molar-refractivity contribution in [3.05, 3.63) is 12.7 Å². The molecule has 0 aromatic carbocycles. The molecule has 0 aliphatic carbocycles. The number of imidazole rings is 1. The number of amides is 1. The number of carbonyl (C=O) groups is 2. The zero-order valence-corrected chi connectivity index (χ0v) is 26.5. The molecule has 45 heavy (non-hydrogen) atoms. The molecule has 1 saturated heterocycles. The fraction of sp³-hybridized carbons (Fsp3) is 0.650. The zero-order chi connectivity index (χ0) is 34.0. The van der Waals surface area contributed by atoms with Crippen molar-refractivity contribution < 1.29 is 75.7 Å². The summed E-state index contributed by atoms with van der Waals surface area (Å²) in [7, 11) is -16.2. The molecule has 2 aromatic rings. The number of ether oxygens (including phenoxy) is 1. The van der Waals surface area contributed by atoms with Crippen LogP contribution in [0.25, 0.3) is 11.2 Å². The summed E-state index contributed by atoms with van der Waals surface area (Å²) >= 11 is 0. The number of aliphatic hydroxyl groups excluding tert-OH is 2. The molecule has 3 rings (SSSR count). The fourth-order valence-electron chi connectivity index (χ4n) is 3.91. The second kappa shape index (κ2) is 14.2. The predicted molar refractivity (Wildman–Crippen MR) is 147 cm³/mol. The van der Waals surface area contributed by atoms with Gasteiger partial charge in [-0.05, 0) is 6.92 Å². The number of phosphoric ester groups is 3. The molecule has 6 unspecified atom stereocenters. The zero-order valence-electron chi connectivity index (χ0n) is 23.8. The van der Waals surface area contributed by atoms with Crippen LogP contribution in [0.3, 0.4) is 0 Å². The van der Waals surface area contributed by atoms with E-state index >= 15 is 0 Å². The van der Waals surface area contributed by atoms with E-state index in [4.69, 9.17) is 15.0 Å². The molecule has 1 fully saturated rings. The van der Waals surface area contributed by atoms with Crippen LogP contribution in [0, 0.1) is 5.41 Å². The molecule has 0 bridgehead atoms. The summed E-state index contributed by atoms with van der Waals surface area (Å²) in [5, 5.41) is 23.4. The average molecular weight is 706 g/mol. The molecule has 7 atom stereocenters. The third-order valence-corrected chi connectivity index (χ3v) is 9.30. The van der Waals surface area contributed by atoms with Gasteiger partial charge in [0.25, 0.3) is 0 Å². The molecular formula is C20H33N6O16P3. The number of aliphatic hydroxyl groups is 2. The van der Waals surface area contributed by atoms with Gasteiger partial charge in [-0.1, -0.05) is 13.8 Å². The molecule has 1 amide bonds. The Morgan fingerprint density at radius 2 is 1.78 bits per heavy atom. The second-order valence-electron chi connectivity index (χ2n) is 10.4. The summed E-state index contributed by atoms with van der Waals surface area (Å²) in [6.45, 7) is 1.81. The molecule has 1 aliphatic heterocycles. The average Bonchev–Trinajstić information content (AvgIpc) is 3.46. The number of rotatable bonds is 16. The highest BCUT2D eigenvalue weighted by atomic mass is 31.3. The van der Waals surface area contributed by atoms with Crippen molar-refractivity contribution in [1.29, 1.82) is 0 Å². The van der Waals surface area contributed by atoms with E-state index in [1.165, 1.54) is 20.8 Å². The van der Waals surface area contributed by atoms with Crippen LogP contribution in [0.15, 0.2) is 12.7 Å². The SMILES string of the molecule is CC(=O)CCNC(=O)[C@H](O)C(C)(C)COP(=O)(O)OP(=O)(O)OCC1OC(n2cnc3c(N)ncnc32)C(O)C1OP(=O)(O)O. The monoisotopic (exact) mass is 706 g/mol. The number of nitrogens with zero attached hydrogens (tertiary/aromatic N) is 4. The van der Waals surface area contributed by atoms with E-state index in [-0.39, 0.29) is 35.7 Å². The number of anilines is 1. The third kappa shape index (κ3) is 10.1. The van der Waals surface area contributed by atoms with Gasteiger partial charge in [0, 0.05) is 18.4 Å². The van der Waals surface area contributed by atoms with E-state index in [1.54, 1.807) is 0 Å². The van der Waals surface area contributed by atoms with E-state index in [0.717, 1.165) is 17.2 Å². The number of ketones is 1. The number of hydrogen-bond donors (Lipinski definition) is 8. The maximum Gasteiger partial charge on any atom is 0.481 e.